The third-order valence-electron chi connectivity index (χ3n) is 2.42. The molecule has 3 heteroatoms. The second-order valence-corrected chi connectivity index (χ2v) is 5.36. The van der Waals surface area contributed by atoms with E-state index in [-0.39, 0.29) is 11.9 Å². The number of hydrogen-bond donors (Lipinski definition) is 0. The molecule has 2 nitrogen and oxygen atoms in total. The van der Waals surface area contributed by atoms with Crippen LogP contribution in [0, 0.1) is 0 Å². The molecule has 1 aromatic carbocycles. The third-order valence-corrected chi connectivity index (χ3v) is 3.31. The Kier molecular flexibility index (Phi) is 4.53. The van der Waals surface area contributed by atoms with Gasteiger partial charge >= 0.3 is 0 Å². The minimum Gasteiger partial charge on any atom is -0.491 e. The molecule has 0 aliphatic rings. The minimum atomic E-state index is 0.0326. The molecule has 0 atom stereocenters. The van der Waals surface area contributed by atoms with Crippen LogP contribution in [0.1, 0.15) is 29.1 Å². The Labute approximate surface area is 117 Å². The Bertz CT molecular complexity index is 568. The highest BCUT2D eigenvalue weighted by atomic mass is 32.1. The maximum Gasteiger partial charge on any atom is 0.195 e. The monoisotopic (exact) mass is 272 g/mol. The van der Waals surface area contributed by atoms with E-state index >= 15 is 0 Å². The molecule has 0 N–H and O–H groups in total. The highest BCUT2D eigenvalue weighted by Gasteiger charge is 2.02. The number of ether oxygens (including phenoxy) is 1. The summed E-state index contributed by atoms with van der Waals surface area (Å²) in [5.74, 6) is 0.853. The first-order valence-electron chi connectivity index (χ1n) is 6.18. The summed E-state index contributed by atoms with van der Waals surface area (Å²) in [6, 6.07) is 11.4. The molecule has 1 aromatic heterocycles. The van der Waals surface area contributed by atoms with Crippen molar-refractivity contribution in [2.24, 2.45) is 0 Å². The van der Waals surface area contributed by atoms with Gasteiger partial charge in [-0.05, 0) is 49.1 Å². The Morgan fingerprint density at radius 1 is 1.26 bits per heavy atom. The molecule has 0 fully saturated rings. The number of thiophene rings is 1. The molecular formula is C16H16O2S. The van der Waals surface area contributed by atoms with Crippen molar-refractivity contribution >= 4 is 23.2 Å². The van der Waals surface area contributed by atoms with Crippen molar-refractivity contribution in [1.29, 1.82) is 0 Å². The second-order valence-electron chi connectivity index (χ2n) is 4.41. The quantitative estimate of drug-likeness (QED) is 0.594. The zero-order valence-corrected chi connectivity index (χ0v) is 11.8. The topological polar surface area (TPSA) is 26.3 Å². The third kappa shape index (κ3) is 4.07. The maximum atomic E-state index is 11.8. The Hall–Kier alpha value is -1.87. The lowest BCUT2D eigenvalue weighted by Crippen LogP contribution is -2.05. The first-order valence-corrected chi connectivity index (χ1v) is 7.06. The molecule has 1 heterocycles. The van der Waals surface area contributed by atoms with Gasteiger partial charge in [0, 0.05) is 0 Å². The summed E-state index contributed by atoms with van der Waals surface area (Å²) < 4.78 is 5.62. The lowest BCUT2D eigenvalue weighted by atomic mass is 10.2. The predicted molar refractivity (Wildman–Crippen MR) is 79.9 cm³/mol. The average Bonchev–Trinajstić information content (AvgIpc) is 2.89. The van der Waals surface area contributed by atoms with Gasteiger partial charge in [0.25, 0.3) is 0 Å². The fourth-order valence-electron chi connectivity index (χ4n) is 1.64. The molecule has 2 aromatic rings. The summed E-state index contributed by atoms with van der Waals surface area (Å²) >= 11 is 1.45. The van der Waals surface area contributed by atoms with Crippen LogP contribution in [0.4, 0.5) is 0 Å². The average molecular weight is 272 g/mol. The normalized spacial score (nSPS) is 11.1. The van der Waals surface area contributed by atoms with Gasteiger partial charge in [-0.1, -0.05) is 24.3 Å². The smallest absolute Gasteiger partial charge is 0.195 e. The van der Waals surface area contributed by atoms with E-state index in [0.717, 1.165) is 16.2 Å². The largest absolute Gasteiger partial charge is 0.491 e. The Morgan fingerprint density at radius 3 is 2.79 bits per heavy atom. The fourth-order valence-corrected chi connectivity index (χ4v) is 2.28. The van der Waals surface area contributed by atoms with Crippen LogP contribution in [0.3, 0.4) is 0 Å². The SMILES string of the molecule is CC(C)Oc1cccc(/C=C/C(=O)c2cccs2)c1. The van der Waals surface area contributed by atoms with E-state index in [4.69, 9.17) is 4.74 Å². The van der Waals surface area contributed by atoms with Crippen molar-refractivity contribution < 1.29 is 9.53 Å². The molecule has 19 heavy (non-hydrogen) atoms. The molecule has 0 radical (unpaired) electrons. The van der Waals surface area contributed by atoms with Gasteiger partial charge in [-0.25, -0.2) is 0 Å². The molecular weight excluding hydrogens is 256 g/mol. The zero-order valence-electron chi connectivity index (χ0n) is 11.0. The Balaban J connectivity index is 2.08. The molecule has 0 saturated heterocycles. The van der Waals surface area contributed by atoms with Crippen LogP contribution in [-0.4, -0.2) is 11.9 Å². The summed E-state index contributed by atoms with van der Waals surface area (Å²) in [4.78, 5) is 12.6. The van der Waals surface area contributed by atoms with E-state index in [1.54, 1.807) is 6.08 Å². The highest BCUT2D eigenvalue weighted by molar-refractivity contribution is 7.12. The molecule has 0 aliphatic carbocycles. The Morgan fingerprint density at radius 2 is 2.11 bits per heavy atom. The number of ketones is 1. The van der Waals surface area contributed by atoms with Gasteiger partial charge in [0.1, 0.15) is 5.75 Å². The predicted octanol–water partition coefficient (Wildman–Crippen LogP) is 4.43. The van der Waals surface area contributed by atoms with Crippen LogP contribution in [0.5, 0.6) is 5.75 Å². The second kappa shape index (κ2) is 6.34. The van der Waals surface area contributed by atoms with Crippen LogP contribution in [0.2, 0.25) is 0 Å². The van der Waals surface area contributed by atoms with Crippen molar-refractivity contribution in [3.63, 3.8) is 0 Å². The molecule has 0 saturated carbocycles. The van der Waals surface area contributed by atoms with E-state index in [2.05, 4.69) is 0 Å². The van der Waals surface area contributed by atoms with Gasteiger partial charge in [0.2, 0.25) is 0 Å². The molecule has 0 amide bonds. The van der Waals surface area contributed by atoms with Crippen molar-refractivity contribution in [3.8, 4) is 5.75 Å². The highest BCUT2D eigenvalue weighted by Crippen LogP contribution is 2.17. The molecule has 0 unspecified atom stereocenters. The first kappa shape index (κ1) is 13.6. The standard InChI is InChI=1S/C16H16O2S/c1-12(2)18-14-6-3-5-13(11-14)8-9-15(17)16-7-4-10-19-16/h3-12H,1-2H3/b9-8+. The number of carbonyl (C=O) groups excluding carboxylic acids is 1. The van der Waals surface area contributed by atoms with Gasteiger partial charge in [-0.3, -0.25) is 4.79 Å². The number of allylic oxidation sites excluding steroid dienone is 1. The minimum absolute atomic E-state index is 0.0326. The lowest BCUT2D eigenvalue weighted by molar-refractivity contribution is 0.105. The van der Waals surface area contributed by atoms with Crippen LogP contribution in [0.25, 0.3) is 6.08 Å². The van der Waals surface area contributed by atoms with Gasteiger partial charge in [-0.15, -0.1) is 11.3 Å². The molecule has 0 spiro atoms. The first-order chi connectivity index (χ1) is 9.15. The van der Waals surface area contributed by atoms with Crippen molar-refractivity contribution in [3.05, 3.63) is 58.3 Å². The molecule has 0 bridgehead atoms. The lowest BCUT2D eigenvalue weighted by Gasteiger charge is -2.09. The van der Waals surface area contributed by atoms with E-state index in [1.165, 1.54) is 11.3 Å². The van der Waals surface area contributed by atoms with Gasteiger partial charge in [-0.2, -0.15) is 0 Å². The number of benzene rings is 1. The van der Waals surface area contributed by atoms with E-state index < -0.39 is 0 Å². The number of rotatable bonds is 5. The van der Waals surface area contributed by atoms with E-state index in [1.807, 2.05) is 61.7 Å². The fraction of sp³-hybridized carbons (Fsp3) is 0.188. The van der Waals surface area contributed by atoms with Crippen LogP contribution in [0.15, 0.2) is 47.9 Å². The molecule has 0 aliphatic heterocycles. The maximum absolute atomic E-state index is 11.8. The van der Waals surface area contributed by atoms with Crippen LogP contribution >= 0.6 is 11.3 Å². The van der Waals surface area contributed by atoms with Crippen LogP contribution in [-0.2, 0) is 0 Å². The van der Waals surface area contributed by atoms with Gasteiger partial charge in [0.05, 0.1) is 11.0 Å². The zero-order chi connectivity index (χ0) is 13.7. The van der Waals surface area contributed by atoms with Crippen LogP contribution < -0.4 is 4.74 Å². The van der Waals surface area contributed by atoms with E-state index in [0.29, 0.717) is 0 Å². The van der Waals surface area contributed by atoms with Gasteiger partial charge < -0.3 is 4.74 Å². The summed E-state index contributed by atoms with van der Waals surface area (Å²) in [5.41, 5.74) is 0.961. The van der Waals surface area contributed by atoms with E-state index in [9.17, 15) is 4.79 Å². The summed E-state index contributed by atoms with van der Waals surface area (Å²) in [6.07, 6.45) is 3.56. The van der Waals surface area contributed by atoms with Crippen molar-refractivity contribution in [2.45, 2.75) is 20.0 Å². The van der Waals surface area contributed by atoms with Crippen molar-refractivity contribution in [1.82, 2.24) is 0 Å². The van der Waals surface area contributed by atoms with Gasteiger partial charge in [0.15, 0.2) is 5.78 Å². The number of hydrogen-bond acceptors (Lipinski definition) is 3. The van der Waals surface area contributed by atoms with Crippen molar-refractivity contribution in [2.75, 3.05) is 0 Å². The molecule has 98 valence electrons. The summed E-state index contributed by atoms with van der Waals surface area (Å²) in [7, 11) is 0. The summed E-state index contributed by atoms with van der Waals surface area (Å²) in [6.45, 7) is 3.98. The number of carbonyl (C=O) groups is 1. The summed E-state index contributed by atoms with van der Waals surface area (Å²) in [5, 5.41) is 1.90. The molecule has 2 rings (SSSR count).